The second-order valence-corrected chi connectivity index (χ2v) is 9.22. The first kappa shape index (κ1) is 22.9. The lowest BCUT2D eigenvalue weighted by atomic mass is 10.2. The highest BCUT2D eigenvalue weighted by Crippen LogP contribution is 2.23. The van der Waals surface area contributed by atoms with E-state index in [0.29, 0.717) is 16.7 Å². The molecule has 8 heteroatoms. The molecule has 3 rings (SSSR count). The zero-order valence-electron chi connectivity index (χ0n) is 15.6. The summed E-state index contributed by atoms with van der Waals surface area (Å²) in [7, 11) is 0. The molecule has 0 unspecified atom stereocenters. The van der Waals surface area contributed by atoms with Crippen molar-refractivity contribution < 1.29 is 9.53 Å². The Balaban J connectivity index is 1.47. The smallest absolute Gasteiger partial charge is 0.250 e. The van der Waals surface area contributed by atoms with Gasteiger partial charge in [-0.3, -0.25) is 4.79 Å². The maximum Gasteiger partial charge on any atom is 0.250 e. The third-order valence-corrected chi connectivity index (χ3v) is 6.21. The number of carbonyl (C=O) groups is 1. The molecule has 1 N–H and O–H groups in total. The molecule has 0 aliphatic rings. The lowest BCUT2D eigenvalue weighted by molar-refractivity contribution is -0.118. The number of thioether (sulfide) groups is 1. The lowest BCUT2D eigenvalue weighted by Crippen LogP contribution is -2.19. The summed E-state index contributed by atoms with van der Waals surface area (Å²) in [5.41, 5.74) is 4.44. The van der Waals surface area contributed by atoms with Crippen LogP contribution >= 0.6 is 57.6 Å². The van der Waals surface area contributed by atoms with E-state index >= 15 is 0 Å². The van der Waals surface area contributed by atoms with Gasteiger partial charge >= 0.3 is 0 Å². The second kappa shape index (κ2) is 11.6. The Hall–Kier alpha value is -1.74. The van der Waals surface area contributed by atoms with Crippen molar-refractivity contribution in [2.75, 3.05) is 5.75 Å². The number of hydrazone groups is 1. The highest BCUT2D eigenvalue weighted by Gasteiger charge is 2.04. The fourth-order valence-corrected chi connectivity index (χ4v) is 3.98. The van der Waals surface area contributed by atoms with Crippen LogP contribution in [0.4, 0.5) is 0 Å². The zero-order valence-corrected chi connectivity index (χ0v) is 20.1. The van der Waals surface area contributed by atoms with E-state index in [9.17, 15) is 4.79 Å². The van der Waals surface area contributed by atoms with Crippen LogP contribution in [-0.2, 0) is 11.4 Å². The quantitative estimate of drug-likeness (QED) is 0.147. The number of rotatable bonds is 8. The van der Waals surface area contributed by atoms with Crippen LogP contribution in [0.2, 0.25) is 10.0 Å². The number of hydrogen-bond acceptors (Lipinski definition) is 4. The zero-order chi connectivity index (χ0) is 21.3. The van der Waals surface area contributed by atoms with Crippen molar-refractivity contribution in [2.45, 2.75) is 11.5 Å². The Morgan fingerprint density at radius 3 is 2.37 bits per heavy atom. The molecule has 3 aromatic carbocycles. The topological polar surface area (TPSA) is 50.7 Å². The van der Waals surface area contributed by atoms with Crippen molar-refractivity contribution in [2.24, 2.45) is 5.10 Å². The second-order valence-electron chi connectivity index (χ2n) is 6.14. The standard InChI is InChI=1S/C22H17Cl2IN2O2S/c23-17-4-1-15(2-5-17)13-29-21-10-3-16(11-20(21)25)12-26-27-22(28)14-30-19-8-6-18(24)7-9-19/h1-12H,13-14H2,(H,27,28)/b26-12-. The van der Waals surface area contributed by atoms with Crippen molar-refractivity contribution >= 4 is 69.7 Å². The molecule has 30 heavy (non-hydrogen) atoms. The molecule has 0 saturated carbocycles. The van der Waals surface area contributed by atoms with E-state index in [1.807, 2.05) is 54.6 Å². The summed E-state index contributed by atoms with van der Waals surface area (Å²) in [4.78, 5) is 12.9. The first-order chi connectivity index (χ1) is 14.5. The average molecular weight is 571 g/mol. The van der Waals surface area contributed by atoms with Gasteiger partial charge in [0.25, 0.3) is 0 Å². The summed E-state index contributed by atoms with van der Waals surface area (Å²) < 4.78 is 6.82. The summed E-state index contributed by atoms with van der Waals surface area (Å²) >= 11 is 15.4. The largest absolute Gasteiger partial charge is 0.488 e. The number of nitrogens with zero attached hydrogens (tertiary/aromatic N) is 1. The Morgan fingerprint density at radius 2 is 1.70 bits per heavy atom. The van der Waals surface area contributed by atoms with Crippen molar-refractivity contribution in [1.29, 1.82) is 0 Å². The normalized spacial score (nSPS) is 10.9. The van der Waals surface area contributed by atoms with Gasteiger partial charge in [0.05, 0.1) is 15.5 Å². The predicted molar refractivity (Wildman–Crippen MR) is 133 cm³/mol. The Bertz CT molecular complexity index is 1030. The van der Waals surface area contributed by atoms with Crippen molar-refractivity contribution in [3.63, 3.8) is 0 Å². The molecule has 0 aromatic heterocycles. The number of nitrogens with one attached hydrogen (secondary N) is 1. The molecule has 1 amide bonds. The minimum atomic E-state index is -0.177. The summed E-state index contributed by atoms with van der Waals surface area (Å²) in [6, 6.07) is 20.6. The summed E-state index contributed by atoms with van der Waals surface area (Å²) in [6.07, 6.45) is 1.61. The summed E-state index contributed by atoms with van der Waals surface area (Å²) in [6.45, 7) is 0.460. The van der Waals surface area contributed by atoms with Gasteiger partial charge in [-0.25, -0.2) is 5.43 Å². The molecule has 4 nitrogen and oxygen atoms in total. The highest BCUT2D eigenvalue weighted by atomic mass is 127. The minimum Gasteiger partial charge on any atom is -0.488 e. The Kier molecular flexibility index (Phi) is 8.87. The van der Waals surface area contributed by atoms with Crippen LogP contribution in [-0.4, -0.2) is 17.9 Å². The molecule has 0 atom stereocenters. The minimum absolute atomic E-state index is 0.177. The molecule has 0 bridgehead atoms. The Morgan fingerprint density at radius 1 is 1.03 bits per heavy atom. The van der Waals surface area contributed by atoms with E-state index in [4.69, 9.17) is 27.9 Å². The van der Waals surface area contributed by atoms with E-state index in [1.54, 1.807) is 18.3 Å². The summed E-state index contributed by atoms with van der Waals surface area (Å²) in [5.74, 6) is 0.878. The van der Waals surface area contributed by atoms with Gasteiger partial charge < -0.3 is 4.74 Å². The third-order valence-electron chi connectivity index (χ3n) is 3.85. The van der Waals surface area contributed by atoms with Crippen LogP contribution in [0.15, 0.2) is 76.7 Å². The number of carbonyl (C=O) groups excluding carboxylic acids is 1. The van der Waals surface area contributed by atoms with Crippen LogP contribution in [0.25, 0.3) is 0 Å². The summed E-state index contributed by atoms with van der Waals surface area (Å²) in [5, 5.41) is 5.40. The van der Waals surface area contributed by atoms with Crippen LogP contribution in [0, 0.1) is 3.57 Å². The monoisotopic (exact) mass is 570 g/mol. The maximum absolute atomic E-state index is 11.9. The Labute approximate surface area is 203 Å². The molecule has 0 aliphatic heterocycles. The molecule has 0 aliphatic carbocycles. The van der Waals surface area contributed by atoms with Crippen molar-refractivity contribution in [1.82, 2.24) is 5.43 Å². The number of halogens is 3. The molecule has 0 fully saturated rings. The van der Waals surface area contributed by atoms with Crippen LogP contribution in [0.5, 0.6) is 5.75 Å². The number of ether oxygens (including phenoxy) is 1. The molecule has 3 aromatic rings. The SMILES string of the molecule is O=C(CSc1ccc(Cl)cc1)N/N=C\c1ccc(OCc2ccc(Cl)cc2)c(I)c1. The van der Waals surface area contributed by atoms with E-state index in [1.165, 1.54) is 11.8 Å². The molecule has 154 valence electrons. The fraction of sp³-hybridized carbons (Fsp3) is 0.0909. The van der Waals surface area contributed by atoms with Crippen molar-refractivity contribution in [3.05, 3.63) is 91.5 Å². The van der Waals surface area contributed by atoms with Gasteiger partial charge in [-0.2, -0.15) is 5.10 Å². The molecule has 0 saturated heterocycles. The molecule has 0 heterocycles. The van der Waals surface area contributed by atoms with Gasteiger partial charge in [0, 0.05) is 14.9 Å². The number of hydrogen-bond donors (Lipinski definition) is 1. The van der Waals surface area contributed by atoms with Gasteiger partial charge in [-0.1, -0.05) is 35.3 Å². The fourth-order valence-electron chi connectivity index (χ4n) is 2.35. The first-order valence-electron chi connectivity index (χ1n) is 8.87. The molecular formula is C22H17Cl2IN2O2S. The van der Waals surface area contributed by atoms with Gasteiger partial charge in [0.2, 0.25) is 5.91 Å². The van der Waals surface area contributed by atoms with Gasteiger partial charge in [0.1, 0.15) is 12.4 Å². The van der Waals surface area contributed by atoms with Gasteiger partial charge in [0.15, 0.2) is 0 Å². The van der Waals surface area contributed by atoms with E-state index in [-0.39, 0.29) is 11.7 Å². The third kappa shape index (κ3) is 7.50. The van der Waals surface area contributed by atoms with Gasteiger partial charge in [-0.05, 0) is 88.3 Å². The van der Waals surface area contributed by atoms with E-state index in [0.717, 1.165) is 25.3 Å². The van der Waals surface area contributed by atoms with Crippen LogP contribution in [0.3, 0.4) is 0 Å². The lowest BCUT2D eigenvalue weighted by Gasteiger charge is -2.09. The average Bonchev–Trinajstić information content (AvgIpc) is 2.74. The van der Waals surface area contributed by atoms with E-state index < -0.39 is 0 Å². The van der Waals surface area contributed by atoms with Crippen LogP contribution < -0.4 is 10.2 Å². The number of benzene rings is 3. The molecular weight excluding hydrogens is 554 g/mol. The number of amides is 1. The molecule has 0 radical (unpaired) electrons. The first-order valence-corrected chi connectivity index (χ1v) is 11.7. The predicted octanol–water partition coefficient (Wildman–Crippen LogP) is 6.42. The highest BCUT2D eigenvalue weighted by molar-refractivity contribution is 14.1. The van der Waals surface area contributed by atoms with Gasteiger partial charge in [-0.15, -0.1) is 11.8 Å². The van der Waals surface area contributed by atoms with E-state index in [2.05, 4.69) is 33.1 Å². The van der Waals surface area contributed by atoms with Crippen LogP contribution in [0.1, 0.15) is 11.1 Å². The maximum atomic E-state index is 11.9. The van der Waals surface area contributed by atoms with Crippen molar-refractivity contribution in [3.8, 4) is 5.75 Å². The molecule has 0 spiro atoms.